The summed E-state index contributed by atoms with van der Waals surface area (Å²) in [5, 5.41) is 14.3. The van der Waals surface area contributed by atoms with E-state index >= 15 is 0 Å². The summed E-state index contributed by atoms with van der Waals surface area (Å²) in [5.41, 5.74) is 0.640. The van der Waals surface area contributed by atoms with Crippen LogP contribution >= 0.6 is 11.3 Å². The first-order valence-electron chi connectivity index (χ1n) is 7.97. The molecule has 0 aliphatic heterocycles. The van der Waals surface area contributed by atoms with Crippen LogP contribution in [-0.4, -0.2) is 30.4 Å². The molecule has 8 nitrogen and oxygen atoms in total. The van der Waals surface area contributed by atoms with Crippen molar-refractivity contribution in [3.8, 4) is 17.2 Å². The average molecular weight is 386 g/mol. The van der Waals surface area contributed by atoms with Crippen molar-refractivity contribution in [2.24, 2.45) is 0 Å². The van der Waals surface area contributed by atoms with Gasteiger partial charge in [-0.15, -0.1) is 10.2 Å². The van der Waals surface area contributed by atoms with Crippen LogP contribution < -0.4 is 24.8 Å². The summed E-state index contributed by atoms with van der Waals surface area (Å²) in [5.74, 6) is 2.16. The van der Waals surface area contributed by atoms with E-state index in [1.165, 1.54) is 11.3 Å². The van der Waals surface area contributed by atoms with E-state index in [2.05, 4.69) is 20.8 Å². The molecule has 0 aliphatic rings. The van der Waals surface area contributed by atoms with Gasteiger partial charge in [0.15, 0.2) is 5.01 Å². The minimum atomic E-state index is -0.404. The quantitative estimate of drug-likeness (QED) is 0.642. The monoisotopic (exact) mass is 386 g/mol. The van der Waals surface area contributed by atoms with Crippen molar-refractivity contribution in [2.45, 2.75) is 6.61 Å². The number of carbonyl (C=O) groups is 1. The lowest BCUT2D eigenvalue weighted by atomic mass is 10.3. The third-order valence-electron chi connectivity index (χ3n) is 3.46. The second-order valence-corrected chi connectivity index (χ2v) is 6.33. The van der Waals surface area contributed by atoms with Gasteiger partial charge in [0.25, 0.3) is 0 Å². The number of carbonyl (C=O) groups excluding carboxylic acids is 1. The molecule has 3 aromatic rings. The number of ether oxygens (including phenoxy) is 3. The maximum absolute atomic E-state index is 12.0. The predicted molar refractivity (Wildman–Crippen MR) is 103 cm³/mol. The Morgan fingerprint density at radius 2 is 1.48 bits per heavy atom. The minimum Gasteiger partial charge on any atom is -0.497 e. The maximum atomic E-state index is 12.0. The third-order valence-corrected chi connectivity index (χ3v) is 4.27. The Labute approximate surface area is 160 Å². The van der Waals surface area contributed by atoms with E-state index in [9.17, 15) is 4.79 Å². The molecule has 9 heteroatoms. The number of methoxy groups -OCH3 is 2. The molecule has 0 saturated heterocycles. The lowest BCUT2D eigenvalue weighted by Crippen LogP contribution is -2.19. The Bertz CT molecular complexity index is 881. The SMILES string of the molecule is COc1ccc(NC(=O)Nc2nnc(COc3ccc(OC)cc3)s2)cc1. The van der Waals surface area contributed by atoms with Crippen molar-refractivity contribution in [1.82, 2.24) is 10.2 Å². The highest BCUT2D eigenvalue weighted by Gasteiger charge is 2.09. The fraction of sp³-hybridized carbons (Fsp3) is 0.167. The van der Waals surface area contributed by atoms with Crippen LogP contribution in [0.1, 0.15) is 5.01 Å². The minimum absolute atomic E-state index is 0.256. The number of amides is 2. The van der Waals surface area contributed by atoms with Crippen LogP contribution in [0.3, 0.4) is 0 Å². The van der Waals surface area contributed by atoms with Crippen molar-refractivity contribution >= 4 is 28.2 Å². The molecule has 0 bridgehead atoms. The summed E-state index contributed by atoms with van der Waals surface area (Å²) in [6, 6.07) is 13.8. The van der Waals surface area contributed by atoms with Gasteiger partial charge in [0.05, 0.1) is 14.2 Å². The van der Waals surface area contributed by atoms with Crippen LogP contribution in [0.4, 0.5) is 15.6 Å². The Hall–Kier alpha value is -3.33. The highest BCUT2D eigenvalue weighted by molar-refractivity contribution is 7.15. The second-order valence-electron chi connectivity index (χ2n) is 5.27. The van der Waals surface area contributed by atoms with Crippen LogP contribution in [-0.2, 0) is 6.61 Å². The number of rotatable bonds is 7. The van der Waals surface area contributed by atoms with Gasteiger partial charge in [0.1, 0.15) is 23.9 Å². The summed E-state index contributed by atoms with van der Waals surface area (Å²) < 4.78 is 15.8. The van der Waals surface area contributed by atoms with Crippen LogP contribution in [0.25, 0.3) is 0 Å². The average Bonchev–Trinajstić information content (AvgIpc) is 3.14. The van der Waals surface area contributed by atoms with Crippen molar-refractivity contribution < 1.29 is 19.0 Å². The second kappa shape index (κ2) is 8.86. The van der Waals surface area contributed by atoms with Gasteiger partial charge in [0.2, 0.25) is 5.13 Å². The molecule has 0 radical (unpaired) electrons. The zero-order chi connectivity index (χ0) is 19.1. The molecule has 0 saturated carbocycles. The first-order valence-corrected chi connectivity index (χ1v) is 8.79. The van der Waals surface area contributed by atoms with Gasteiger partial charge in [-0.3, -0.25) is 5.32 Å². The Kier molecular flexibility index (Phi) is 6.06. The Morgan fingerprint density at radius 3 is 2.11 bits per heavy atom. The number of aromatic nitrogens is 2. The molecule has 0 spiro atoms. The van der Waals surface area contributed by atoms with Gasteiger partial charge in [-0.05, 0) is 48.5 Å². The molecule has 0 aliphatic carbocycles. The molecule has 1 heterocycles. The molecule has 0 atom stereocenters. The zero-order valence-electron chi connectivity index (χ0n) is 14.8. The summed E-state index contributed by atoms with van der Waals surface area (Å²) in [6.07, 6.45) is 0. The molecule has 2 aromatic carbocycles. The van der Waals surface area contributed by atoms with Gasteiger partial charge in [-0.25, -0.2) is 4.79 Å². The number of benzene rings is 2. The van der Waals surface area contributed by atoms with Crippen LogP contribution in [0.15, 0.2) is 48.5 Å². The fourth-order valence-electron chi connectivity index (χ4n) is 2.11. The normalized spacial score (nSPS) is 10.1. The molecule has 140 valence electrons. The van der Waals surface area contributed by atoms with E-state index in [0.717, 1.165) is 5.75 Å². The molecule has 0 fully saturated rings. The van der Waals surface area contributed by atoms with Gasteiger partial charge >= 0.3 is 6.03 Å². The number of hydrogen-bond donors (Lipinski definition) is 2. The number of nitrogens with one attached hydrogen (secondary N) is 2. The molecular formula is C18H18N4O4S. The molecule has 3 rings (SSSR count). The smallest absolute Gasteiger partial charge is 0.325 e. The standard InChI is InChI=1S/C18H18N4O4S/c1-24-13-5-3-12(4-6-13)19-17(23)20-18-22-21-16(27-18)11-26-15-9-7-14(25-2)8-10-15/h3-10H,11H2,1-2H3,(H2,19,20,22,23). The van der Waals surface area contributed by atoms with E-state index in [1.807, 2.05) is 12.1 Å². The van der Waals surface area contributed by atoms with E-state index in [0.29, 0.717) is 27.3 Å². The van der Waals surface area contributed by atoms with Crippen molar-refractivity contribution in [3.63, 3.8) is 0 Å². The number of anilines is 2. The van der Waals surface area contributed by atoms with Gasteiger partial charge in [-0.2, -0.15) is 0 Å². The molecule has 2 amide bonds. The van der Waals surface area contributed by atoms with E-state index in [4.69, 9.17) is 14.2 Å². The van der Waals surface area contributed by atoms with E-state index in [1.54, 1.807) is 50.6 Å². The van der Waals surface area contributed by atoms with Crippen molar-refractivity contribution in [2.75, 3.05) is 24.9 Å². The third kappa shape index (κ3) is 5.32. The first-order chi connectivity index (χ1) is 13.2. The fourth-order valence-corrected chi connectivity index (χ4v) is 2.76. The highest BCUT2D eigenvalue weighted by Crippen LogP contribution is 2.21. The first kappa shape index (κ1) is 18.5. The molecule has 1 aromatic heterocycles. The molecule has 2 N–H and O–H groups in total. The zero-order valence-corrected chi connectivity index (χ0v) is 15.6. The number of hydrogen-bond acceptors (Lipinski definition) is 7. The number of urea groups is 1. The lowest BCUT2D eigenvalue weighted by molar-refractivity contribution is 0.262. The molecule has 27 heavy (non-hydrogen) atoms. The van der Waals surface area contributed by atoms with Gasteiger partial charge in [0, 0.05) is 5.69 Å². The summed E-state index contributed by atoms with van der Waals surface area (Å²) >= 11 is 1.24. The van der Waals surface area contributed by atoms with Crippen LogP contribution in [0.2, 0.25) is 0 Å². The predicted octanol–water partition coefficient (Wildman–Crippen LogP) is 3.78. The van der Waals surface area contributed by atoms with E-state index in [-0.39, 0.29) is 6.61 Å². The topological polar surface area (TPSA) is 94.6 Å². The molecule has 0 unspecified atom stereocenters. The van der Waals surface area contributed by atoms with Crippen molar-refractivity contribution in [1.29, 1.82) is 0 Å². The molecular weight excluding hydrogens is 368 g/mol. The highest BCUT2D eigenvalue weighted by atomic mass is 32.1. The van der Waals surface area contributed by atoms with Gasteiger partial charge in [-0.1, -0.05) is 11.3 Å². The number of nitrogens with zero attached hydrogens (tertiary/aromatic N) is 2. The van der Waals surface area contributed by atoms with Crippen LogP contribution in [0, 0.1) is 0 Å². The lowest BCUT2D eigenvalue weighted by Gasteiger charge is -2.06. The summed E-state index contributed by atoms with van der Waals surface area (Å²) in [6.45, 7) is 0.256. The largest absolute Gasteiger partial charge is 0.497 e. The van der Waals surface area contributed by atoms with Crippen LogP contribution in [0.5, 0.6) is 17.2 Å². The summed E-state index contributed by atoms with van der Waals surface area (Å²) in [7, 11) is 3.19. The van der Waals surface area contributed by atoms with Crippen molar-refractivity contribution in [3.05, 3.63) is 53.5 Å². The summed E-state index contributed by atoms with van der Waals surface area (Å²) in [4.78, 5) is 12.0. The maximum Gasteiger partial charge on any atom is 0.325 e. The van der Waals surface area contributed by atoms with Gasteiger partial charge < -0.3 is 19.5 Å². The Morgan fingerprint density at radius 1 is 0.889 bits per heavy atom. The Balaban J connectivity index is 1.49. The van der Waals surface area contributed by atoms with E-state index < -0.39 is 6.03 Å².